The molecule has 31 heavy (non-hydrogen) atoms. The summed E-state index contributed by atoms with van der Waals surface area (Å²) in [5.74, 6) is 6.75. The second kappa shape index (κ2) is 8.64. The number of nitrogens with two attached hydrogens (primary N) is 1. The standard InChI is InChI=1S/C26H30N4O/c1-4-6-18-13-21(16-28-15-18)20-8-7-19(5-2)24(14-20)26(29-17(3)25(27)30-26)22-9-11-23(31)12-10-22/h7-8,13-16,22-23,31H,5,9-12H2,1-3H3,(H2,27,30). The van der Waals surface area contributed by atoms with E-state index in [-0.39, 0.29) is 12.0 Å². The van der Waals surface area contributed by atoms with Gasteiger partial charge in [-0.15, -0.1) is 5.92 Å². The fraction of sp³-hybridized carbons (Fsp3) is 0.423. The van der Waals surface area contributed by atoms with Crippen molar-refractivity contribution in [3.05, 3.63) is 53.3 Å². The Balaban J connectivity index is 1.86. The lowest BCUT2D eigenvalue weighted by molar-refractivity contribution is 0.0844. The number of aliphatic hydroxyl groups is 1. The highest BCUT2D eigenvalue weighted by Gasteiger charge is 2.46. The molecule has 3 N–H and O–H groups in total. The van der Waals surface area contributed by atoms with Crippen LogP contribution < -0.4 is 5.73 Å². The summed E-state index contributed by atoms with van der Waals surface area (Å²) in [6.07, 6.45) is 7.62. The lowest BCUT2D eigenvalue weighted by Gasteiger charge is -2.38. The molecule has 0 radical (unpaired) electrons. The smallest absolute Gasteiger partial charge is 0.181 e. The molecule has 0 saturated heterocycles. The molecule has 0 spiro atoms. The Labute approximate surface area is 184 Å². The highest BCUT2D eigenvalue weighted by atomic mass is 16.3. The van der Waals surface area contributed by atoms with Crippen LogP contribution in [0.15, 0.2) is 46.6 Å². The molecule has 1 unspecified atom stereocenters. The zero-order chi connectivity index (χ0) is 22.0. The number of amidine groups is 1. The fourth-order valence-corrected chi connectivity index (χ4v) is 4.82. The predicted octanol–water partition coefficient (Wildman–Crippen LogP) is 4.22. The van der Waals surface area contributed by atoms with Gasteiger partial charge in [0.15, 0.2) is 5.66 Å². The Morgan fingerprint density at radius 2 is 1.87 bits per heavy atom. The van der Waals surface area contributed by atoms with Gasteiger partial charge in [-0.1, -0.05) is 25.0 Å². The molecule has 0 bridgehead atoms. The maximum atomic E-state index is 10.1. The van der Waals surface area contributed by atoms with Crippen molar-refractivity contribution in [3.63, 3.8) is 0 Å². The van der Waals surface area contributed by atoms with Crippen LogP contribution in [0.25, 0.3) is 11.1 Å². The van der Waals surface area contributed by atoms with Crippen LogP contribution in [0.3, 0.4) is 0 Å². The molecular weight excluding hydrogens is 384 g/mol. The van der Waals surface area contributed by atoms with E-state index in [2.05, 4.69) is 48.0 Å². The molecule has 160 valence electrons. The van der Waals surface area contributed by atoms with Gasteiger partial charge in [0.25, 0.3) is 0 Å². The van der Waals surface area contributed by atoms with Crippen LogP contribution >= 0.6 is 0 Å². The van der Waals surface area contributed by atoms with Crippen molar-refractivity contribution in [3.8, 4) is 23.0 Å². The van der Waals surface area contributed by atoms with Crippen LogP contribution in [0.2, 0.25) is 0 Å². The third-order valence-corrected chi connectivity index (χ3v) is 6.49. The molecule has 1 fully saturated rings. The van der Waals surface area contributed by atoms with E-state index >= 15 is 0 Å². The molecule has 5 nitrogen and oxygen atoms in total. The molecule has 1 aromatic heterocycles. The summed E-state index contributed by atoms with van der Waals surface area (Å²) in [7, 11) is 0. The van der Waals surface area contributed by atoms with Crippen LogP contribution in [-0.4, -0.2) is 27.7 Å². The first kappa shape index (κ1) is 21.3. The first-order valence-electron chi connectivity index (χ1n) is 11.1. The number of aryl methyl sites for hydroxylation is 1. The largest absolute Gasteiger partial charge is 0.393 e. The Kier molecular flexibility index (Phi) is 5.93. The molecule has 0 amide bonds. The first-order valence-corrected chi connectivity index (χ1v) is 11.1. The molecule has 2 heterocycles. The topological polar surface area (TPSA) is 83.9 Å². The average Bonchev–Trinajstić information content (AvgIpc) is 3.09. The van der Waals surface area contributed by atoms with E-state index in [1.54, 1.807) is 6.20 Å². The Bertz CT molecular complexity index is 1080. The fourth-order valence-electron chi connectivity index (χ4n) is 4.82. The van der Waals surface area contributed by atoms with Gasteiger partial charge in [0.2, 0.25) is 0 Å². The van der Waals surface area contributed by atoms with Crippen molar-refractivity contribution in [1.82, 2.24) is 4.98 Å². The number of nitrogens with zero attached hydrogens (tertiary/aromatic N) is 3. The number of benzene rings is 1. The minimum Gasteiger partial charge on any atom is -0.393 e. The van der Waals surface area contributed by atoms with Gasteiger partial charge in [-0.05, 0) is 69.2 Å². The number of hydrogen-bond donors (Lipinski definition) is 2. The minimum absolute atomic E-state index is 0.211. The van der Waals surface area contributed by atoms with Crippen LogP contribution in [0.5, 0.6) is 0 Å². The molecule has 2 aliphatic rings. The SMILES string of the molecule is CC#Cc1cncc(-c2ccc(CC)c(C3(C4CCC(O)CC4)N=C(C)C(N)=N3)c2)c1. The van der Waals surface area contributed by atoms with Gasteiger partial charge < -0.3 is 10.8 Å². The van der Waals surface area contributed by atoms with Gasteiger partial charge in [0.05, 0.1) is 11.8 Å². The van der Waals surface area contributed by atoms with E-state index in [1.807, 2.05) is 20.0 Å². The number of aliphatic imine (C=N–C) groups is 2. The van der Waals surface area contributed by atoms with Crippen molar-refractivity contribution in [2.24, 2.45) is 21.6 Å². The van der Waals surface area contributed by atoms with Crippen LogP contribution in [0.4, 0.5) is 0 Å². The number of hydrogen-bond acceptors (Lipinski definition) is 5. The van der Waals surface area contributed by atoms with Crippen molar-refractivity contribution in [2.75, 3.05) is 0 Å². The average molecular weight is 415 g/mol. The molecule has 1 aliphatic heterocycles. The molecule has 5 heteroatoms. The molecule has 1 aliphatic carbocycles. The monoisotopic (exact) mass is 414 g/mol. The van der Waals surface area contributed by atoms with Gasteiger partial charge in [0.1, 0.15) is 5.84 Å². The summed E-state index contributed by atoms with van der Waals surface area (Å²) < 4.78 is 0. The summed E-state index contributed by atoms with van der Waals surface area (Å²) in [4.78, 5) is 14.4. The quantitative estimate of drug-likeness (QED) is 0.735. The normalized spacial score (nSPS) is 25.4. The second-order valence-electron chi connectivity index (χ2n) is 8.49. The van der Waals surface area contributed by atoms with E-state index in [9.17, 15) is 5.11 Å². The molecular formula is C26H30N4O. The van der Waals surface area contributed by atoms with Gasteiger partial charge in [0, 0.05) is 35.0 Å². The van der Waals surface area contributed by atoms with E-state index in [0.717, 1.165) is 60.1 Å². The van der Waals surface area contributed by atoms with E-state index in [1.165, 1.54) is 5.56 Å². The summed E-state index contributed by atoms with van der Waals surface area (Å²) >= 11 is 0. The van der Waals surface area contributed by atoms with Gasteiger partial charge in [-0.2, -0.15) is 0 Å². The summed E-state index contributed by atoms with van der Waals surface area (Å²) in [5, 5.41) is 10.1. The lowest BCUT2D eigenvalue weighted by Crippen LogP contribution is -2.35. The third-order valence-electron chi connectivity index (χ3n) is 6.49. The summed E-state index contributed by atoms with van der Waals surface area (Å²) in [6, 6.07) is 8.60. The van der Waals surface area contributed by atoms with Crippen molar-refractivity contribution < 1.29 is 5.11 Å². The Hall–Kier alpha value is -2.97. The molecule has 2 aromatic rings. The zero-order valence-corrected chi connectivity index (χ0v) is 18.5. The second-order valence-corrected chi connectivity index (χ2v) is 8.49. The lowest BCUT2D eigenvalue weighted by atomic mass is 9.74. The van der Waals surface area contributed by atoms with Gasteiger partial charge in [-0.25, -0.2) is 4.99 Å². The van der Waals surface area contributed by atoms with Crippen molar-refractivity contribution >= 4 is 11.5 Å². The van der Waals surface area contributed by atoms with Crippen LogP contribution in [0.1, 0.15) is 63.1 Å². The molecule has 1 aromatic carbocycles. The Morgan fingerprint density at radius 3 is 2.52 bits per heavy atom. The van der Waals surface area contributed by atoms with E-state index in [0.29, 0.717) is 5.84 Å². The molecule has 1 saturated carbocycles. The molecule has 1 atom stereocenters. The Morgan fingerprint density at radius 1 is 1.10 bits per heavy atom. The van der Waals surface area contributed by atoms with Gasteiger partial charge in [-0.3, -0.25) is 9.98 Å². The van der Waals surface area contributed by atoms with Crippen LogP contribution in [-0.2, 0) is 12.1 Å². The highest BCUT2D eigenvalue weighted by molar-refractivity contribution is 6.41. The highest BCUT2D eigenvalue weighted by Crippen LogP contribution is 2.47. The maximum Gasteiger partial charge on any atom is 0.181 e. The predicted molar refractivity (Wildman–Crippen MR) is 126 cm³/mol. The summed E-state index contributed by atoms with van der Waals surface area (Å²) in [6.45, 7) is 5.92. The number of aromatic nitrogens is 1. The minimum atomic E-state index is -0.718. The third kappa shape index (κ3) is 4.00. The number of aliphatic hydroxyl groups excluding tert-OH is 1. The number of rotatable bonds is 4. The molecule has 4 rings (SSSR count). The van der Waals surface area contributed by atoms with Gasteiger partial charge >= 0.3 is 0 Å². The van der Waals surface area contributed by atoms with Crippen LogP contribution in [0, 0.1) is 17.8 Å². The maximum absolute atomic E-state index is 10.1. The summed E-state index contributed by atoms with van der Waals surface area (Å²) in [5.41, 5.74) is 11.7. The first-order chi connectivity index (χ1) is 15.0. The van der Waals surface area contributed by atoms with E-state index in [4.69, 9.17) is 15.7 Å². The van der Waals surface area contributed by atoms with Crippen molar-refractivity contribution in [1.29, 1.82) is 0 Å². The zero-order valence-electron chi connectivity index (χ0n) is 18.5. The van der Waals surface area contributed by atoms with Crippen molar-refractivity contribution in [2.45, 2.75) is 64.6 Å². The number of pyridine rings is 1. The van der Waals surface area contributed by atoms with E-state index < -0.39 is 5.66 Å².